The Hall–Kier alpha value is -1.01. The molecule has 1 N–H and O–H groups in total. The molecule has 0 aliphatic carbocycles. The van der Waals surface area contributed by atoms with E-state index in [2.05, 4.69) is 15.9 Å². The number of aliphatic hydroxyl groups is 1. The van der Waals surface area contributed by atoms with E-state index in [9.17, 15) is 14.5 Å². The van der Waals surface area contributed by atoms with Crippen molar-refractivity contribution >= 4 is 21.6 Å². The second-order valence-electron chi connectivity index (χ2n) is 2.33. The van der Waals surface area contributed by atoms with Gasteiger partial charge in [0, 0.05) is 6.07 Å². The van der Waals surface area contributed by atoms with E-state index < -0.39 is 16.4 Å². The fraction of sp³-hybridized carbons (Fsp3) is 0.143. The van der Waals surface area contributed by atoms with Crippen molar-refractivity contribution in [1.82, 2.24) is 0 Å². The summed E-state index contributed by atoms with van der Waals surface area (Å²) in [6.45, 7) is -0.361. The van der Waals surface area contributed by atoms with Gasteiger partial charge in [-0.1, -0.05) is 0 Å². The lowest BCUT2D eigenvalue weighted by Gasteiger charge is -1.99. The van der Waals surface area contributed by atoms with E-state index in [1.54, 1.807) is 0 Å². The average molecular weight is 250 g/mol. The molecule has 0 heterocycles. The van der Waals surface area contributed by atoms with Crippen LogP contribution >= 0.6 is 15.9 Å². The number of hydrogen-bond donors (Lipinski definition) is 1. The third kappa shape index (κ3) is 2.02. The summed E-state index contributed by atoms with van der Waals surface area (Å²) in [5.41, 5.74) is -0.349. The summed E-state index contributed by atoms with van der Waals surface area (Å²) in [4.78, 5) is 9.47. The highest BCUT2D eigenvalue weighted by atomic mass is 79.9. The van der Waals surface area contributed by atoms with Gasteiger partial charge in [0.15, 0.2) is 0 Å². The maximum absolute atomic E-state index is 13.0. The van der Waals surface area contributed by atoms with E-state index in [1.165, 1.54) is 6.07 Å². The van der Waals surface area contributed by atoms with Gasteiger partial charge in [-0.05, 0) is 27.6 Å². The maximum atomic E-state index is 13.0. The minimum Gasteiger partial charge on any atom is -0.392 e. The molecule has 0 amide bonds. The fourth-order valence-corrected chi connectivity index (χ4v) is 1.35. The van der Waals surface area contributed by atoms with Crippen LogP contribution < -0.4 is 0 Å². The van der Waals surface area contributed by atoms with Gasteiger partial charge in [-0.3, -0.25) is 10.1 Å². The Balaban J connectivity index is 3.33. The lowest BCUT2D eigenvalue weighted by Crippen LogP contribution is -1.96. The molecule has 0 radical (unpaired) electrons. The molecule has 0 spiro atoms. The first-order valence-electron chi connectivity index (χ1n) is 3.29. The first-order chi connectivity index (χ1) is 6.06. The molecular weight excluding hydrogens is 245 g/mol. The molecule has 0 bridgehead atoms. The van der Waals surface area contributed by atoms with Crippen LogP contribution in [0.2, 0.25) is 0 Å². The van der Waals surface area contributed by atoms with E-state index in [0.29, 0.717) is 5.56 Å². The van der Waals surface area contributed by atoms with E-state index in [4.69, 9.17) is 5.11 Å². The molecule has 0 aliphatic rings. The van der Waals surface area contributed by atoms with Crippen molar-refractivity contribution in [1.29, 1.82) is 0 Å². The van der Waals surface area contributed by atoms with Crippen molar-refractivity contribution in [2.75, 3.05) is 0 Å². The molecule has 0 fully saturated rings. The summed E-state index contributed by atoms with van der Waals surface area (Å²) in [6.07, 6.45) is 0. The largest absolute Gasteiger partial charge is 0.392 e. The molecule has 0 aromatic heterocycles. The Kier molecular flexibility index (Phi) is 2.94. The Labute approximate surface area is 81.3 Å². The Morgan fingerprint density at radius 3 is 2.69 bits per heavy atom. The molecule has 6 heteroatoms. The molecule has 0 saturated carbocycles. The Bertz CT molecular complexity index is 356. The van der Waals surface area contributed by atoms with Gasteiger partial charge >= 0.3 is 5.69 Å². The number of aliphatic hydroxyl groups excluding tert-OH is 1. The van der Waals surface area contributed by atoms with Crippen LogP contribution in [-0.2, 0) is 6.61 Å². The SMILES string of the molecule is O=[N+]([O-])c1cc(CO)cc(Br)c1F. The first-order valence-corrected chi connectivity index (χ1v) is 4.08. The number of nitro groups is 1. The number of nitro benzene ring substituents is 1. The van der Waals surface area contributed by atoms with Crippen LogP contribution in [0.15, 0.2) is 16.6 Å². The highest BCUT2D eigenvalue weighted by Gasteiger charge is 2.17. The number of nitrogens with zero attached hydrogens (tertiary/aromatic N) is 1. The summed E-state index contributed by atoms with van der Waals surface area (Å²) in [7, 11) is 0. The fourth-order valence-electron chi connectivity index (χ4n) is 0.853. The topological polar surface area (TPSA) is 63.4 Å². The summed E-state index contributed by atoms with van der Waals surface area (Å²) < 4.78 is 13.0. The molecule has 13 heavy (non-hydrogen) atoms. The van der Waals surface area contributed by atoms with Crippen molar-refractivity contribution in [3.63, 3.8) is 0 Å². The van der Waals surface area contributed by atoms with Crippen LogP contribution in [0.4, 0.5) is 10.1 Å². The standard InChI is InChI=1S/C7H5BrFNO3/c8-5-1-4(3-11)2-6(7(5)9)10(12)13/h1-2,11H,3H2. The van der Waals surface area contributed by atoms with Crippen molar-refractivity contribution in [2.45, 2.75) is 6.61 Å². The van der Waals surface area contributed by atoms with Crippen LogP contribution in [0, 0.1) is 15.9 Å². The average Bonchev–Trinajstić information content (AvgIpc) is 2.09. The van der Waals surface area contributed by atoms with Gasteiger partial charge < -0.3 is 5.11 Å². The first kappa shape index (κ1) is 10.1. The Morgan fingerprint density at radius 2 is 2.23 bits per heavy atom. The van der Waals surface area contributed by atoms with Crippen LogP contribution in [0.3, 0.4) is 0 Å². The lowest BCUT2D eigenvalue weighted by molar-refractivity contribution is -0.387. The smallest absolute Gasteiger partial charge is 0.306 e. The Morgan fingerprint density at radius 1 is 1.62 bits per heavy atom. The van der Waals surface area contributed by atoms with E-state index in [-0.39, 0.29) is 11.1 Å². The second kappa shape index (κ2) is 3.80. The summed E-state index contributed by atoms with van der Waals surface area (Å²) in [6, 6.07) is 2.29. The number of benzene rings is 1. The third-order valence-electron chi connectivity index (χ3n) is 1.45. The van der Waals surface area contributed by atoms with Crippen LogP contribution in [0.25, 0.3) is 0 Å². The second-order valence-corrected chi connectivity index (χ2v) is 3.18. The minimum atomic E-state index is -0.929. The van der Waals surface area contributed by atoms with Crippen LogP contribution in [0.1, 0.15) is 5.56 Å². The van der Waals surface area contributed by atoms with Crippen molar-refractivity contribution in [2.24, 2.45) is 0 Å². The normalized spacial score (nSPS) is 10.1. The van der Waals surface area contributed by atoms with Gasteiger partial charge in [-0.25, -0.2) is 0 Å². The predicted molar refractivity (Wildman–Crippen MR) is 46.7 cm³/mol. The monoisotopic (exact) mass is 249 g/mol. The number of rotatable bonds is 2. The van der Waals surface area contributed by atoms with Crippen molar-refractivity contribution in [3.8, 4) is 0 Å². The van der Waals surface area contributed by atoms with Gasteiger partial charge in [-0.15, -0.1) is 0 Å². The van der Waals surface area contributed by atoms with E-state index in [1.807, 2.05) is 0 Å². The summed E-state index contributed by atoms with van der Waals surface area (Å²) in [5.74, 6) is -0.929. The van der Waals surface area contributed by atoms with E-state index >= 15 is 0 Å². The molecular formula is C7H5BrFNO3. The zero-order valence-electron chi connectivity index (χ0n) is 6.33. The van der Waals surface area contributed by atoms with Gasteiger partial charge in [-0.2, -0.15) is 4.39 Å². The molecule has 0 aliphatic heterocycles. The van der Waals surface area contributed by atoms with Crippen LogP contribution in [0.5, 0.6) is 0 Å². The summed E-state index contributed by atoms with van der Waals surface area (Å²) in [5, 5.41) is 19.0. The molecule has 4 nitrogen and oxygen atoms in total. The van der Waals surface area contributed by atoms with Crippen molar-refractivity contribution in [3.05, 3.63) is 38.1 Å². The number of hydrogen-bond acceptors (Lipinski definition) is 3. The van der Waals surface area contributed by atoms with E-state index in [0.717, 1.165) is 6.07 Å². The van der Waals surface area contributed by atoms with Gasteiger partial charge in [0.05, 0.1) is 16.0 Å². The van der Waals surface area contributed by atoms with Gasteiger partial charge in [0.25, 0.3) is 0 Å². The highest BCUT2D eigenvalue weighted by molar-refractivity contribution is 9.10. The molecule has 1 aromatic carbocycles. The molecule has 70 valence electrons. The molecule has 1 rings (SSSR count). The predicted octanol–water partition coefficient (Wildman–Crippen LogP) is 1.99. The maximum Gasteiger partial charge on any atom is 0.306 e. The summed E-state index contributed by atoms with van der Waals surface area (Å²) >= 11 is 2.82. The third-order valence-corrected chi connectivity index (χ3v) is 2.03. The zero-order chi connectivity index (χ0) is 10.0. The lowest BCUT2D eigenvalue weighted by atomic mass is 10.2. The quantitative estimate of drug-likeness (QED) is 0.644. The zero-order valence-corrected chi connectivity index (χ0v) is 7.91. The molecule has 1 aromatic rings. The van der Waals surface area contributed by atoms with Crippen molar-refractivity contribution < 1.29 is 14.4 Å². The molecule has 0 unspecified atom stereocenters. The minimum absolute atomic E-state index is 0.0225. The van der Waals surface area contributed by atoms with Gasteiger partial charge in [0.2, 0.25) is 5.82 Å². The van der Waals surface area contributed by atoms with Crippen LogP contribution in [-0.4, -0.2) is 10.0 Å². The molecule has 0 saturated heterocycles. The number of halogens is 2. The highest BCUT2D eigenvalue weighted by Crippen LogP contribution is 2.26. The van der Waals surface area contributed by atoms with Gasteiger partial charge in [0.1, 0.15) is 0 Å². The molecule has 0 atom stereocenters.